The topological polar surface area (TPSA) is 111 Å². The number of rotatable bonds is 2. The molecule has 1 aromatic rings. The van der Waals surface area contributed by atoms with Crippen LogP contribution in [0.2, 0.25) is 0 Å². The summed E-state index contributed by atoms with van der Waals surface area (Å²) in [5.41, 5.74) is 4.93. The molecule has 3 rings (SSSR count). The summed E-state index contributed by atoms with van der Waals surface area (Å²) in [5, 5.41) is 6.14. The zero-order valence-electron chi connectivity index (χ0n) is 11.3. The second-order valence-electron chi connectivity index (χ2n) is 5.59. The van der Waals surface area contributed by atoms with Crippen LogP contribution in [0.5, 0.6) is 0 Å². The highest BCUT2D eigenvalue weighted by Gasteiger charge is 2.31. The Morgan fingerprint density at radius 1 is 1.15 bits per heavy atom. The lowest BCUT2D eigenvalue weighted by atomic mass is 10.0. The SMILES string of the molecule is NC1CCN(C2CCN(c3n[nH]c(=O)[nH]c3=O)C2)CC1. The highest BCUT2D eigenvalue weighted by Crippen LogP contribution is 2.21. The lowest BCUT2D eigenvalue weighted by molar-refractivity contribution is 0.163. The summed E-state index contributed by atoms with van der Waals surface area (Å²) in [7, 11) is 0. The minimum absolute atomic E-state index is 0.306. The molecule has 4 N–H and O–H groups in total. The number of hydrogen-bond donors (Lipinski definition) is 3. The third-order valence-electron chi connectivity index (χ3n) is 4.25. The van der Waals surface area contributed by atoms with Gasteiger partial charge in [0.2, 0.25) is 5.82 Å². The molecule has 2 fully saturated rings. The monoisotopic (exact) mass is 280 g/mol. The van der Waals surface area contributed by atoms with Crippen LogP contribution in [0.3, 0.4) is 0 Å². The van der Waals surface area contributed by atoms with Gasteiger partial charge < -0.3 is 10.6 Å². The highest BCUT2D eigenvalue weighted by molar-refractivity contribution is 5.36. The summed E-state index contributed by atoms with van der Waals surface area (Å²) in [6.07, 6.45) is 3.08. The summed E-state index contributed by atoms with van der Waals surface area (Å²) in [6, 6.07) is 0.767. The number of aromatic nitrogens is 3. The van der Waals surface area contributed by atoms with Gasteiger partial charge in [0.1, 0.15) is 0 Å². The van der Waals surface area contributed by atoms with Crippen LogP contribution in [0.1, 0.15) is 19.3 Å². The largest absolute Gasteiger partial charge is 0.349 e. The van der Waals surface area contributed by atoms with Crippen LogP contribution in [0.15, 0.2) is 9.59 Å². The molecule has 0 radical (unpaired) electrons. The number of anilines is 1. The van der Waals surface area contributed by atoms with Crippen molar-refractivity contribution >= 4 is 5.82 Å². The van der Waals surface area contributed by atoms with Gasteiger partial charge in [-0.25, -0.2) is 9.89 Å². The van der Waals surface area contributed by atoms with E-state index in [0.29, 0.717) is 17.9 Å². The molecular formula is C12H20N6O2. The highest BCUT2D eigenvalue weighted by atomic mass is 16.2. The van der Waals surface area contributed by atoms with Gasteiger partial charge in [0.25, 0.3) is 5.56 Å². The van der Waals surface area contributed by atoms with E-state index in [1.165, 1.54) is 0 Å². The lowest BCUT2D eigenvalue weighted by Gasteiger charge is -2.34. The molecule has 110 valence electrons. The van der Waals surface area contributed by atoms with Crippen LogP contribution in [-0.4, -0.2) is 58.3 Å². The number of piperidine rings is 1. The Kier molecular flexibility index (Phi) is 3.58. The Morgan fingerprint density at radius 2 is 1.90 bits per heavy atom. The molecule has 0 aliphatic carbocycles. The number of nitrogens with zero attached hydrogens (tertiary/aromatic N) is 3. The average Bonchev–Trinajstić information content (AvgIpc) is 2.89. The summed E-state index contributed by atoms with van der Waals surface area (Å²) < 4.78 is 0. The Hall–Kier alpha value is -1.67. The van der Waals surface area contributed by atoms with Crippen LogP contribution < -0.4 is 21.9 Å². The maximum Gasteiger partial charge on any atom is 0.342 e. The second-order valence-corrected chi connectivity index (χ2v) is 5.59. The van der Waals surface area contributed by atoms with E-state index in [-0.39, 0.29) is 0 Å². The Morgan fingerprint density at radius 3 is 2.60 bits per heavy atom. The average molecular weight is 280 g/mol. The molecule has 0 amide bonds. The van der Waals surface area contributed by atoms with Crippen molar-refractivity contribution < 1.29 is 0 Å². The Balaban J connectivity index is 1.67. The van der Waals surface area contributed by atoms with E-state index in [1.807, 2.05) is 4.90 Å². The minimum Gasteiger partial charge on any atom is -0.349 e. The standard InChI is InChI=1S/C12H20N6O2/c13-8-1-4-17(5-2-8)9-3-6-18(7-9)10-11(19)14-12(20)16-15-10/h8-9H,1-7,13H2,(H2,14,16,19,20). The number of nitrogens with two attached hydrogens (primary N) is 1. The molecule has 0 aromatic carbocycles. The quantitative estimate of drug-likeness (QED) is 0.605. The van der Waals surface area contributed by atoms with E-state index in [9.17, 15) is 9.59 Å². The van der Waals surface area contributed by atoms with Gasteiger partial charge in [-0.2, -0.15) is 0 Å². The summed E-state index contributed by atoms with van der Waals surface area (Å²) in [5.74, 6) is 0.306. The maximum absolute atomic E-state index is 11.7. The van der Waals surface area contributed by atoms with Crippen molar-refractivity contribution in [3.8, 4) is 0 Å². The fraction of sp³-hybridized carbons (Fsp3) is 0.750. The van der Waals surface area contributed by atoms with E-state index in [2.05, 4.69) is 20.1 Å². The maximum atomic E-state index is 11.7. The van der Waals surface area contributed by atoms with Gasteiger partial charge >= 0.3 is 5.69 Å². The van der Waals surface area contributed by atoms with Crippen molar-refractivity contribution in [1.82, 2.24) is 20.1 Å². The van der Waals surface area contributed by atoms with Gasteiger partial charge in [-0.1, -0.05) is 0 Å². The molecule has 8 nitrogen and oxygen atoms in total. The predicted molar refractivity (Wildman–Crippen MR) is 74.9 cm³/mol. The van der Waals surface area contributed by atoms with Crippen LogP contribution in [0.4, 0.5) is 5.82 Å². The first-order valence-electron chi connectivity index (χ1n) is 7.07. The molecule has 2 saturated heterocycles. The van der Waals surface area contributed by atoms with Crippen LogP contribution >= 0.6 is 0 Å². The zero-order chi connectivity index (χ0) is 14.1. The van der Waals surface area contributed by atoms with Crippen LogP contribution in [0, 0.1) is 0 Å². The molecule has 20 heavy (non-hydrogen) atoms. The molecule has 0 saturated carbocycles. The molecule has 0 bridgehead atoms. The fourth-order valence-corrected chi connectivity index (χ4v) is 3.07. The van der Waals surface area contributed by atoms with Crippen molar-refractivity contribution in [2.75, 3.05) is 31.1 Å². The molecule has 8 heteroatoms. The van der Waals surface area contributed by atoms with Crippen molar-refractivity contribution in [3.05, 3.63) is 20.8 Å². The summed E-state index contributed by atoms with van der Waals surface area (Å²) in [6.45, 7) is 3.61. The molecule has 0 spiro atoms. The van der Waals surface area contributed by atoms with Gasteiger partial charge in [0.15, 0.2) is 0 Å². The van der Waals surface area contributed by atoms with Gasteiger partial charge in [-0.05, 0) is 32.4 Å². The zero-order valence-corrected chi connectivity index (χ0v) is 11.3. The van der Waals surface area contributed by atoms with Crippen molar-refractivity contribution in [2.24, 2.45) is 5.73 Å². The van der Waals surface area contributed by atoms with Gasteiger partial charge in [0.05, 0.1) is 0 Å². The third kappa shape index (κ3) is 2.61. The van der Waals surface area contributed by atoms with Crippen molar-refractivity contribution in [1.29, 1.82) is 0 Å². The predicted octanol–water partition coefficient (Wildman–Crippen LogP) is -1.54. The minimum atomic E-state index is -0.570. The smallest absolute Gasteiger partial charge is 0.342 e. The summed E-state index contributed by atoms with van der Waals surface area (Å²) in [4.78, 5) is 29.3. The summed E-state index contributed by atoms with van der Waals surface area (Å²) >= 11 is 0. The van der Waals surface area contributed by atoms with Gasteiger partial charge in [0, 0.05) is 25.2 Å². The second kappa shape index (κ2) is 5.37. The first kappa shape index (κ1) is 13.3. The third-order valence-corrected chi connectivity index (χ3v) is 4.25. The number of nitrogens with one attached hydrogen (secondary N) is 2. The van der Waals surface area contributed by atoms with Gasteiger partial charge in [-0.15, -0.1) is 5.10 Å². The molecule has 1 aromatic heterocycles. The van der Waals surface area contributed by atoms with E-state index >= 15 is 0 Å². The molecule has 3 heterocycles. The number of H-pyrrole nitrogens is 2. The first-order chi connectivity index (χ1) is 9.63. The molecular weight excluding hydrogens is 260 g/mol. The number of hydrogen-bond acceptors (Lipinski definition) is 6. The van der Waals surface area contributed by atoms with E-state index in [4.69, 9.17) is 5.73 Å². The molecule has 1 atom stereocenters. The first-order valence-corrected chi connectivity index (χ1v) is 7.07. The Labute approximate surface area is 116 Å². The van der Waals surface area contributed by atoms with Crippen molar-refractivity contribution in [3.63, 3.8) is 0 Å². The van der Waals surface area contributed by atoms with Crippen molar-refractivity contribution in [2.45, 2.75) is 31.3 Å². The number of likely N-dealkylation sites (tertiary alicyclic amines) is 1. The fourth-order valence-electron chi connectivity index (χ4n) is 3.07. The van der Waals surface area contributed by atoms with E-state index in [1.54, 1.807) is 0 Å². The van der Waals surface area contributed by atoms with E-state index < -0.39 is 11.2 Å². The number of aromatic amines is 2. The van der Waals surface area contributed by atoms with E-state index in [0.717, 1.165) is 45.4 Å². The normalized spacial score (nSPS) is 25.2. The van der Waals surface area contributed by atoms with Gasteiger partial charge in [-0.3, -0.25) is 14.7 Å². The Bertz CT molecular complexity index is 574. The van der Waals surface area contributed by atoms with Crippen LogP contribution in [-0.2, 0) is 0 Å². The molecule has 2 aliphatic rings. The molecule has 2 aliphatic heterocycles. The van der Waals surface area contributed by atoms with Crippen LogP contribution in [0.25, 0.3) is 0 Å². The lowest BCUT2D eigenvalue weighted by Crippen LogP contribution is -2.46. The molecule has 1 unspecified atom stereocenters.